The van der Waals surface area contributed by atoms with Crippen LogP contribution in [0.4, 0.5) is 5.82 Å². The van der Waals surface area contributed by atoms with Gasteiger partial charge in [-0.2, -0.15) is 4.73 Å². The van der Waals surface area contributed by atoms with Gasteiger partial charge in [0.25, 0.3) is 0 Å². The Morgan fingerprint density at radius 2 is 1.78 bits per heavy atom. The first-order valence-electron chi connectivity index (χ1n) is 14.7. The van der Waals surface area contributed by atoms with E-state index in [2.05, 4.69) is 43.2 Å². The van der Waals surface area contributed by atoms with Gasteiger partial charge in [0.2, 0.25) is 5.91 Å². The molecular formula is C32H44N5O3P. The predicted molar refractivity (Wildman–Crippen MR) is 170 cm³/mol. The molecule has 0 saturated carbocycles. The van der Waals surface area contributed by atoms with E-state index in [-0.39, 0.29) is 5.91 Å². The van der Waals surface area contributed by atoms with Gasteiger partial charge in [0.05, 0.1) is 11.9 Å². The molecule has 0 spiro atoms. The summed E-state index contributed by atoms with van der Waals surface area (Å²) in [5, 5.41) is 4.66. The Labute approximate surface area is 243 Å². The second-order valence-electron chi connectivity index (χ2n) is 11.7. The zero-order valence-corrected chi connectivity index (χ0v) is 26.0. The maximum absolute atomic E-state index is 12.7. The summed E-state index contributed by atoms with van der Waals surface area (Å²) in [6.45, 7) is 11.1. The summed E-state index contributed by atoms with van der Waals surface area (Å²) in [6, 6.07) is 14.0. The van der Waals surface area contributed by atoms with Crippen molar-refractivity contribution in [2.24, 2.45) is 5.92 Å². The summed E-state index contributed by atoms with van der Waals surface area (Å²) >= 11 is 0. The van der Waals surface area contributed by atoms with E-state index >= 15 is 0 Å². The SMILES string of the molecule is CCCCc1nc2c(N)nc3cc(P(C)(C)=O)ccc3c2n1OCCCCNC(=O)Cc1ccc(CC(C)C)cc1. The van der Waals surface area contributed by atoms with Gasteiger partial charge in [0, 0.05) is 23.7 Å². The minimum absolute atomic E-state index is 0.0301. The number of unbranched alkanes of at least 4 members (excludes halogenated alkanes) is 2. The zero-order valence-electron chi connectivity index (χ0n) is 25.1. The lowest BCUT2D eigenvalue weighted by atomic mass is 10.0. The first-order chi connectivity index (χ1) is 19.6. The summed E-state index contributed by atoms with van der Waals surface area (Å²) in [5.74, 6) is 1.80. The number of aromatic nitrogens is 3. The van der Waals surface area contributed by atoms with Crippen molar-refractivity contribution in [2.45, 2.75) is 65.7 Å². The van der Waals surface area contributed by atoms with Crippen LogP contribution in [-0.4, -0.2) is 47.1 Å². The van der Waals surface area contributed by atoms with Gasteiger partial charge in [-0.25, -0.2) is 9.97 Å². The van der Waals surface area contributed by atoms with Crippen LogP contribution in [-0.2, 0) is 28.6 Å². The smallest absolute Gasteiger partial charge is 0.224 e. The van der Waals surface area contributed by atoms with Gasteiger partial charge in [-0.1, -0.05) is 57.5 Å². The quantitative estimate of drug-likeness (QED) is 0.151. The standard InChI is InChI=1S/C32H44N5O3P/c1-6-7-10-28-36-30-31(26-16-15-25(41(4,5)39)21-27(26)35-32(30)33)37(28)40-18-9-8-17-34-29(38)20-24-13-11-23(12-14-24)19-22(2)3/h11-16,21-22H,6-10,17-20H2,1-5H3,(H2,33,35)(H,34,38). The predicted octanol–water partition coefficient (Wildman–Crippen LogP) is 5.52. The molecule has 2 aromatic carbocycles. The monoisotopic (exact) mass is 577 g/mol. The maximum Gasteiger partial charge on any atom is 0.224 e. The van der Waals surface area contributed by atoms with Gasteiger partial charge in [-0.15, -0.1) is 0 Å². The highest BCUT2D eigenvalue weighted by Gasteiger charge is 2.20. The van der Waals surface area contributed by atoms with Crippen LogP contribution in [0.15, 0.2) is 42.5 Å². The molecule has 0 bridgehead atoms. The van der Waals surface area contributed by atoms with E-state index in [1.54, 1.807) is 13.3 Å². The number of hydrogen-bond donors (Lipinski definition) is 2. The van der Waals surface area contributed by atoms with E-state index < -0.39 is 7.14 Å². The van der Waals surface area contributed by atoms with Gasteiger partial charge in [0.1, 0.15) is 30.6 Å². The number of imidazole rings is 1. The zero-order chi connectivity index (χ0) is 29.6. The van der Waals surface area contributed by atoms with E-state index in [0.717, 1.165) is 66.1 Å². The molecule has 0 radical (unpaired) electrons. The number of rotatable bonds is 14. The summed E-state index contributed by atoms with van der Waals surface area (Å²) in [7, 11) is -2.45. The molecule has 0 saturated heterocycles. The number of pyridine rings is 1. The van der Waals surface area contributed by atoms with Crippen molar-refractivity contribution in [3.05, 3.63) is 59.4 Å². The fourth-order valence-corrected chi connectivity index (χ4v) is 5.82. The van der Waals surface area contributed by atoms with Crippen LogP contribution in [0.3, 0.4) is 0 Å². The second kappa shape index (κ2) is 13.5. The number of carbonyl (C=O) groups is 1. The lowest BCUT2D eigenvalue weighted by molar-refractivity contribution is -0.120. The molecule has 41 heavy (non-hydrogen) atoms. The van der Waals surface area contributed by atoms with E-state index in [4.69, 9.17) is 15.6 Å². The Morgan fingerprint density at radius 1 is 1.05 bits per heavy atom. The highest BCUT2D eigenvalue weighted by molar-refractivity contribution is 7.70. The van der Waals surface area contributed by atoms with Crippen LogP contribution in [0, 0.1) is 5.92 Å². The van der Waals surface area contributed by atoms with Gasteiger partial charge < -0.3 is 20.5 Å². The van der Waals surface area contributed by atoms with E-state index in [1.165, 1.54) is 5.56 Å². The van der Waals surface area contributed by atoms with Gasteiger partial charge >= 0.3 is 0 Å². The molecule has 8 nitrogen and oxygen atoms in total. The number of hydrogen-bond acceptors (Lipinski definition) is 6. The molecule has 3 N–H and O–H groups in total. The number of nitrogen functional groups attached to an aromatic ring is 1. The number of nitrogens with one attached hydrogen (secondary N) is 1. The van der Waals surface area contributed by atoms with Crippen molar-refractivity contribution in [1.29, 1.82) is 0 Å². The normalized spacial score (nSPS) is 12.0. The Bertz CT molecular complexity index is 1540. The molecule has 2 aromatic heterocycles. The minimum atomic E-state index is -2.45. The molecule has 4 rings (SSSR count). The molecule has 0 unspecified atom stereocenters. The van der Waals surface area contributed by atoms with Crippen LogP contribution in [0.2, 0.25) is 0 Å². The van der Waals surface area contributed by atoms with Gasteiger partial charge in [-0.3, -0.25) is 4.79 Å². The Hall–Kier alpha value is -3.38. The largest absolute Gasteiger partial charge is 0.412 e. The Kier molecular flexibility index (Phi) is 10.1. The topological polar surface area (TPSA) is 112 Å². The first kappa shape index (κ1) is 30.6. The summed E-state index contributed by atoms with van der Waals surface area (Å²) in [5.41, 5.74) is 10.8. The van der Waals surface area contributed by atoms with Crippen molar-refractivity contribution in [1.82, 2.24) is 20.0 Å². The summed E-state index contributed by atoms with van der Waals surface area (Å²) in [4.78, 5) is 28.1. The van der Waals surface area contributed by atoms with E-state index in [0.29, 0.717) is 42.3 Å². The van der Waals surface area contributed by atoms with Crippen molar-refractivity contribution in [3.63, 3.8) is 0 Å². The molecular weight excluding hydrogens is 533 g/mol. The maximum atomic E-state index is 12.7. The number of nitrogens with zero attached hydrogens (tertiary/aromatic N) is 3. The number of aryl methyl sites for hydroxylation is 1. The molecule has 2 heterocycles. The Balaban J connectivity index is 1.38. The number of anilines is 1. The fraction of sp³-hybridized carbons (Fsp3) is 0.469. The average Bonchev–Trinajstić information content (AvgIpc) is 3.28. The van der Waals surface area contributed by atoms with Crippen molar-refractivity contribution >= 4 is 46.1 Å². The third-order valence-corrected chi connectivity index (χ3v) is 8.67. The number of carbonyl (C=O) groups excluding carboxylic acids is 1. The average molecular weight is 578 g/mol. The third-order valence-electron chi connectivity index (χ3n) is 7.14. The van der Waals surface area contributed by atoms with Gasteiger partial charge in [-0.05, 0) is 68.2 Å². The molecule has 0 aliphatic carbocycles. The van der Waals surface area contributed by atoms with Gasteiger partial charge in [0.15, 0.2) is 5.82 Å². The Morgan fingerprint density at radius 3 is 2.46 bits per heavy atom. The number of fused-ring (bicyclic) bond motifs is 3. The van der Waals surface area contributed by atoms with Crippen LogP contribution < -0.4 is 21.2 Å². The molecule has 0 fully saturated rings. The van der Waals surface area contributed by atoms with Crippen molar-refractivity contribution in [3.8, 4) is 0 Å². The first-order valence-corrected chi connectivity index (χ1v) is 17.3. The van der Waals surface area contributed by atoms with E-state index in [1.807, 2.05) is 35.1 Å². The number of nitrogens with two attached hydrogens (primary N) is 1. The van der Waals surface area contributed by atoms with Crippen molar-refractivity contribution < 1.29 is 14.2 Å². The summed E-state index contributed by atoms with van der Waals surface area (Å²) < 4.78 is 14.5. The second-order valence-corrected chi connectivity index (χ2v) is 14.9. The van der Waals surface area contributed by atoms with Crippen molar-refractivity contribution in [2.75, 3.05) is 32.2 Å². The van der Waals surface area contributed by atoms with Crippen LogP contribution in [0.25, 0.3) is 21.9 Å². The molecule has 4 aromatic rings. The molecule has 0 atom stereocenters. The molecule has 0 aliphatic heterocycles. The van der Waals surface area contributed by atoms with Crippen LogP contribution in [0.1, 0.15) is 63.4 Å². The molecule has 9 heteroatoms. The minimum Gasteiger partial charge on any atom is -0.412 e. The lowest BCUT2D eigenvalue weighted by Gasteiger charge is -2.13. The lowest BCUT2D eigenvalue weighted by Crippen LogP contribution is -2.26. The highest BCUT2D eigenvalue weighted by Crippen LogP contribution is 2.36. The highest BCUT2D eigenvalue weighted by atomic mass is 31.2. The number of amides is 1. The van der Waals surface area contributed by atoms with Crippen LogP contribution >= 0.6 is 7.14 Å². The van der Waals surface area contributed by atoms with E-state index in [9.17, 15) is 9.36 Å². The van der Waals surface area contributed by atoms with Crippen LogP contribution in [0.5, 0.6) is 0 Å². The fourth-order valence-electron chi connectivity index (χ4n) is 4.95. The third kappa shape index (κ3) is 7.88. The molecule has 220 valence electrons. The summed E-state index contributed by atoms with van der Waals surface area (Å²) in [6.07, 6.45) is 5.77. The molecule has 0 aliphatic rings. The number of benzene rings is 2. The molecule has 1 amide bonds.